The van der Waals surface area contributed by atoms with Crippen molar-refractivity contribution in [2.75, 3.05) is 6.54 Å². The van der Waals surface area contributed by atoms with E-state index in [1.165, 1.54) is 50.7 Å². The number of hydrogen-bond acceptors (Lipinski definition) is 1. The second-order valence-electron chi connectivity index (χ2n) is 3.49. The topological polar surface area (TPSA) is 12.4 Å². The van der Waals surface area contributed by atoms with Crippen molar-refractivity contribution in [1.82, 2.24) is 0 Å². The zero-order valence-corrected chi connectivity index (χ0v) is 7.60. The molecule has 0 saturated carbocycles. The first-order chi connectivity index (χ1) is 5.39. The summed E-state index contributed by atoms with van der Waals surface area (Å²) in [7, 11) is 0. The van der Waals surface area contributed by atoms with E-state index < -0.39 is 0 Å². The molecule has 1 heterocycles. The van der Waals surface area contributed by atoms with E-state index in [2.05, 4.69) is 11.9 Å². The van der Waals surface area contributed by atoms with E-state index in [1.807, 2.05) is 0 Å². The molecule has 0 bridgehead atoms. The predicted octanol–water partition coefficient (Wildman–Crippen LogP) is 3.19. The highest BCUT2D eigenvalue weighted by atomic mass is 14.7. The van der Waals surface area contributed by atoms with Gasteiger partial charge in [0, 0.05) is 12.3 Å². The Hall–Kier alpha value is -0.330. The van der Waals surface area contributed by atoms with E-state index in [0.29, 0.717) is 0 Å². The molecule has 1 rings (SSSR count). The van der Waals surface area contributed by atoms with Gasteiger partial charge in [-0.1, -0.05) is 25.7 Å². The maximum Gasteiger partial charge on any atom is 0.0388 e. The normalized spacial score (nSPS) is 22.5. The molecule has 0 aromatic carbocycles. The molecule has 0 radical (unpaired) electrons. The van der Waals surface area contributed by atoms with Gasteiger partial charge in [-0.3, -0.25) is 4.99 Å². The van der Waals surface area contributed by atoms with E-state index in [0.717, 1.165) is 6.54 Å². The second kappa shape index (κ2) is 5.34. The summed E-state index contributed by atoms with van der Waals surface area (Å²) in [5.41, 5.74) is 1.37. The van der Waals surface area contributed by atoms with E-state index in [4.69, 9.17) is 0 Å². The zero-order valence-electron chi connectivity index (χ0n) is 7.60. The predicted molar refractivity (Wildman–Crippen MR) is 50.3 cm³/mol. The third kappa shape index (κ3) is 4.18. The van der Waals surface area contributed by atoms with E-state index in [1.54, 1.807) is 0 Å². The molecule has 11 heavy (non-hydrogen) atoms. The molecule has 0 saturated heterocycles. The van der Waals surface area contributed by atoms with Crippen LogP contribution in [0.2, 0.25) is 0 Å². The summed E-state index contributed by atoms with van der Waals surface area (Å²) in [6.07, 6.45) is 9.55. The van der Waals surface area contributed by atoms with Crippen LogP contribution in [0.15, 0.2) is 4.99 Å². The average Bonchev–Trinajstić information content (AvgIpc) is 2.03. The molecule has 1 nitrogen and oxygen atoms in total. The standard InChI is InChI=1S/C10H19N/c1-10-8-6-4-2-3-5-7-9-11-10/h2-9H2,1H3. The van der Waals surface area contributed by atoms with E-state index in [-0.39, 0.29) is 0 Å². The maximum absolute atomic E-state index is 4.50. The van der Waals surface area contributed by atoms with Gasteiger partial charge in [0.05, 0.1) is 0 Å². The first-order valence-electron chi connectivity index (χ1n) is 4.89. The highest BCUT2D eigenvalue weighted by Gasteiger charge is 1.96. The monoisotopic (exact) mass is 153 g/mol. The maximum atomic E-state index is 4.50. The number of rotatable bonds is 0. The Bertz CT molecular complexity index is 127. The van der Waals surface area contributed by atoms with Crippen molar-refractivity contribution in [3.8, 4) is 0 Å². The summed E-state index contributed by atoms with van der Waals surface area (Å²) in [5, 5.41) is 0. The van der Waals surface area contributed by atoms with E-state index >= 15 is 0 Å². The number of nitrogens with zero attached hydrogens (tertiary/aromatic N) is 1. The Morgan fingerprint density at radius 1 is 0.909 bits per heavy atom. The quantitative estimate of drug-likeness (QED) is 0.507. The summed E-state index contributed by atoms with van der Waals surface area (Å²) >= 11 is 0. The van der Waals surface area contributed by atoms with Crippen molar-refractivity contribution in [1.29, 1.82) is 0 Å². The van der Waals surface area contributed by atoms with Crippen LogP contribution >= 0.6 is 0 Å². The fourth-order valence-corrected chi connectivity index (χ4v) is 1.55. The van der Waals surface area contributed by atoms with Crippen LogP contribution in [0.25, 0.3) is 0 Å². The van der Waals surface area contributed by atoms with Crippen molar-refractivity contribution < 1.29 is 0 Å². The van der Waals surface area contributed by atoms with Gasteiger partial charge in [0.25, 0.3) is 0 Å². The zero-order chi connectivity index (χ0) is 7.94. The molecule has 0 fully saturated rings. The molecular weight excluding hydrogens is 134 g/mol. The SMILES string of the molecule is CC1=NCCCCCCCC1. The minimum absolute atomic E-state index is 1.08. The fourth-order valence-electron chi connectivity index (χ4n) is 1.55. The van der Waals surface area contributed by atoms with Gasteiger partial charge in [-0.05, 0) is 26.2 Å². The Kier molecular flexibility index (Phi) is 4.25. The third-order valence-corrected chi connectivity index (χ3v) is 2.33. The Morgan fingerprint density at radius 2 is 1.55 bits per heavy atom. The van der Waals surface area contributed by atoms with Crippen molar-refractivity contribution in [3.63, 3.8) is 0 Å². The molecule has 0 unspecified atom stereocenters. The van der Waals surface area contributed by atoms with Gasteiger partial charge in [0.2, 0.25) is 0 Å². The van der Waals surface area contributed by atoms with Crippen LogP contribution in [0.4, 0.5) is 0 Å². The first kappa shape index (κ1) is 8.76. The van der Waals surface area contributed by atoms with Gasteiger partial charge in [-0.2, -0.15) is 0 Å². The van der Waals surface area contributed by atoms with Crippen LogP contribution in [0, 0.1) is 0 Å². The highest BCUT2D eigenvalue weighted by molar-refractivity contribution is 5.81. The lowest BCUT2D eigenvalue weighted by Gasteiger charge is -2.05. The molecular formula is C10H19N. The minimum atomic E-state index is 1.08. The minimum Gasteiger partial charge on any atom is -0.294 e. The lowest BCUT2D eigenvalue weighted by atomic mass is 10.1. The van der Waals surface area contributed by atoms with Gasteiger partial charge in [-0.15, -0.1) is 0 Å². The fraction of sp³-hybridized carbons (Fsp3) is 0.900. The molecule has 0 aromatic rings. The number of hydrogen-bond donors (Lipinski definition) is 0. The van der Waals surface area contributed by atoms with Gasteiger partial charge in [-0.25, -0.2) is 0 Å². The molecule has 0 spiro atoms. The molecule has 0 amide bonds. The van der Waals surface area contributed by atoms with Crippen molar-refractivity contribution in [2.24, 2.45) is 4.99 Å². The smallest absolute Gasteiger partial charge is 0.0388 e. The summed E-state index contributed by atoms with van der Waals surface area (Å²) in [6, 6.07) is 0. The van der Waals surface area contributed by atoms with Crippen LogP contribution in [0.5, 0.6) is 0 Å². The van der Waals surface area contributed by atoms with Crippen LogP contribution < -0.4 is 0 Å². The lowest BCUT2D eigenvalue weighted by molar-refractivity contribution is 0.596. The van der Waals surface area contributed by atoms with Crippen molar-refractivity contribution >= 4 is 5.71 Å². The van der Waals surface area contributed by atoms with Gasteiger partial charge >= 0.3 is 0 Å². The molecule has 0 atom stereocenters. The Balaban J connectivity index is 2.27. The molecule has 0 aromatic heterocycles. The van der Waals surface area contributed by atoms with Crippen LogP contribution in [0.3, 0.4) is 0 Å². The molecule has 0 N–H and O–H groups in total. The van der Waals surface area contributed by atoms with Gasteiger partial charge in [0.15, 0.2) is 0 Å². The molecule has 1 aliphatic heterocycles. The molecule has 64 valence electrons. The van der Waals surface area contributed by atoms with E-state index in [9.17, 15) is 0 Å². The van der Waals surface area contributed by atoms with Gasteiger partial charge < -0.3 is 0 Å². The summed E-state index contributed by atoms with van der Waals surface area (Å²) in [5.74, 6) is 0. The van der Waals surface area contributed by atoms with Gasteiger partial charge in [0.1, 0.15) is 0 Å². The summed E-state index contributed by atoms with van der Waals surface area (Å²) < 4.78 is 0. The third-order valence-electron chi connectivity index (χ3n) is 2.33. The summed E-state index contributed by atoms with van der Waals surface area (Å²) in [6.45, 7) is 3.24. The average molecular weight is 153 g/mol. The molecule has 0 aliphatic carbocycles. The van der Waals surface area contributed by atoms with Crippen molar-refractivity contribution in [2.45, 2.75) is 51.9 Å². The second-order valence-corrected chi connectivity index (χ2v) is 3.49. The molecule has 1 heteroatoms. The Morgan fingerprint density at radius 3 is 2.36 bits per heavy atom. The van der Waals surface area contributed by atoms with Crippen LogP contribution in [-0.2, 0) is 0 Å². The largest absolute Gasteiger partial charge is 0.294 e. The Labute approximate surface area is 69.9 Å². The van der Waals surface area contributed by atoms with Crippen LogP contribution in [0.1, 0.15) is 51.9 Å². The first-order valence-corrected chi connectivity index (χ1v) is 4.89. The molecule has 1 aliphatic rings. The van der Waals surface area contributed by atoms with Crippen molar-refractivity contribution in [3.05, 3.63) is 0 Å². The lowest BCUT2D eigenvalue weighted by Crippen LogP contribution is -1.96. The number of aliphatic imine (C=N–C) groups is 1. The van der Waals surface area contributed by atoms with Crippen LogP contribution in [-0.4, -0.2) is 12.3 Å². The highest BCUT2D eigenvalue weighted by Crippen LogP contribution is 2.10. The summed E-state index contributed by atoms with van der Waals surface area (Å²) in [4.78, 5) is 4.50.